The van der Waals surface area contributed by atoms with E-state index in [1.165, 1.54) is 12.1 Å². The van der Waals surface area contributed by atoms with Crippen LogP contribution in [0.25, 0.3) is 0 Å². The summed E-state index contributed by atoms with van der Waals surface area (Å²) in [6, 6.07) is 4.40. The Labute approximate surface area is 98.4 Å². The van der Waals surface area contributed by atoms with E-state index < -0.39 is 0 Å². The zero-order valence-electron chi connectivity index (χ0n) is 9.74. The number of rotatable bonds is 4. The smallest absolute Gasteiger partial charge is 0.253 e. The lowest BCUT2D eigenvalue weighted by molar-refractivity contribution is 0.256. The number of aryl methyl sites for hydroxylation is 2. The summed E-state index contributed by atoms with van der Waals surface area (Å²) in [5, 5.41) is 7.63. The molecule has 0 aliphatic carbocycles. The number of hydrogen-bond donors (Lipinski definition) is 0. The molecule has 0 radical (unpaired) electrons. The van der Waals surface area contributed by atoms with Gasteiger partial charge in [0, 0.05) is 12.5 Å². The van der Waals surface area contributed by atoms with Crippen LogP contribution in [0.4, 0.5) is 4.39 Å². The average Bonchev–Trinajstić information content (AvgIpc) is 2.78. The minimum Gasteiger partial charge on any atom is -0.483 e. The lowest BCUT2D eigenvalue weighted by Gasteiger charge is -2.06. The van der Waals surface area contributed by atoms with Gasteiger partial charge in [-0.25, -0.2) is 4.39 Å². The van der Waals surface area contributed by atoms with Crippen molar-refractivity contribution in [2.45, 2.75) is 26.9 Å². The van der Waals surface area contributed by atoms with Gasteiger partial charge in [-0.2, -0.15) is 0 Å². The first-order chi connectivity index (χ1) is 8.19. The van der Waals surface area contributed by atoms with Gasteiger partial charge in [-0.15, -0.1) is 10.2 Å². The summed E-state index contributed by atoms with van der Waals surface area (Å²) in [4.78, 5) is 0. The fraction of sp³-hybridized carbons (Fsp3) is 0.333. The molecule has 1 aromatic carbocycles. The summed E-state index contributed by atoms with van der Waals surface area (Å²) in [5.41, 5.74) is 0.863. The fourth-order valence-electron chi connectivity index (χ4n) is 1.36. The Hall–Kier alpha value is -1.91. The third-order valence-electron chi connectivity index (χ3n) is 2.31. The first-order valence-corrected chi connectivity index (χ1v) is 5.39. The molecule has 1 aromatic heterocycles. The molecule has 0 N–H and O–H groups in total. The van der Waals surface area contributed by atoms with E-state index in [2.05, 4.69) is 10.2 Å². The highest BCUT2D eigenvalue weighted by atomic mass is 19.1. The van der Waals surface area contributed by atoms with Crippen molar-refractivity contribution in [3.05, 3.63) is 41.4 Å². The fourth-order valence-corrected chi connectivity index (χ4v) is 1.36. The molecule has 2 rings (SSSR count). The number of halogens is 1. The van der Waals surface area contributed by atoms with E-state index in [0.29, 0.717) is 24.0 Å². The second-order valence-corrected chi connectivity index (χ2v) is 3.64. The predicted molar refractivity (Wildman–Crippen MR) is 59.1 cm³/mol. The first-order valence-electron chi connectivity index (χ1n) is 5.39. The van der Waals surface area contributed by atoms with Gasteiger partial charge >= 0.3 is 0 Å². The van der Waals surface area contributed by atoms with E-state index in [-0.39, 0.29) is 12.4 Å². The molecule has 0 fully saturated rings. The molecular formula is C12H13FN2O2. The van der Waals surface area contributed by atoms with E-state index >= 15 is 0 Å². The van der Waals surface area contributed by atoms with Crippen LogP contribution in [0.15, 0.2) is 22.6 Å². The largest absolute Gasteiger partial charge is 0.483 e. The quantitative estimate of drug-likeness (QED) is 0.818. The van der Waals surface area contributed by atoms with Gasteiger partial charge in [-0.05, 0) is 18.6 Å². The second-order valence-electron chi connectivity index (χ2n) is 3.64. The number of aromatic nitrogens is 2. The maximum atomic E-state index is 13.0. The van der Waals surface area contributed by atoms with E-state index in [1.807, 2.05) is 13.8 Å². The van der Waals surface area contributed by atoms with Crippen LogP contribution >= 0.6 is 0 Å². The molecule has 0 saturated heterocycles. The van der Waals surface area contributed by atoms with Gasteiger partial charge in [-0.1, -0.05) is 13.0 Å². The molecule has 2 aromatic rings. The molecule has 0 bridgehead atoms. The van der Waals surface area contributed by atoms with Crippen molar-refractivity contribution in [2.75, 3.05) is 0 Å². The minimum absolute atomic E-state index is 0.150. The third kappa shape index (κ3) is 2.81. The summed E-state index contributed by atoms with van der Waals surface area (Å²) < 4.78 is 23.7. The summed E-state index contributed by atoms with van der Waals surface area (Å²) in [5.74, 6) is 1.12. The Morgan fingerprint density at radius 2 is 2.06 bits per heavy atom. The van der Waals surface area contributed by atoms with Crippen LogP contribution in [0, 0.1) is 12.7 Å². The van der Waals surface area contributed by atoms with E-state index in [4.69, 9.17) is 9.15 Å². The Bertz CT molecular complexity index is 511. The highest BCUT2D eigenvalue weighted by Crippen LogP contribution is 2.19. The van der Waals surface area contributed by atoms with Crippen LogP contribution < -0.4 is 4.74 Å². The molecule has 1 heterocycles. The van der Waals surface area contributed by atoms with Crippen molar-refractivity contribution >= 4 is 0 Å². The molecule has 5 heteroatoms. The summed E-state index contributed by atoms with van der Waals surface area (Å²) in [7, 11) is 0. The van der Waals surface area contributed by atoms with Crippen LogP contribution in [-0.4, -0.2) is 10.2 Å². The van der Waals surface area contributed by atoms with Crippen molar-refractivity contribution in [3.63, 3.8) is 0 Å². The average molecular weight is 236 g/mol. The summed E-state index contributed by atoms with van der Waals surface area (Å²) in [6.07, 6.45) is 0.687. The Morgan fingerprint density at radius 1 is 1.29 bits per heavy atom. The SMILES string of the molecule is CCc1nnc(COc2cc(F)ccc2C)o1. The molecular weight excluding hydrogens is 223 g/mol. The van der Waals surface area contributed by atoms with Crippen molar-refractivity contribution in [1.82, 2.24) is 10.2 Å². The van der Waals surface area contributed by atoms with Crippen LogP contribution in [-0.2, 0) is 13.0 Å². The minimum atomic E-state index is -0.328. The maximum absolute atomic E-state index is 13.0. The van der Waals surface area contributed by atoms with E-state index in [9.17, 15) is 4.39 Å². The molecule has 90 valence electrons. The summed E-state index contributed by atoms with van der Waals surface area (Å²) >= 11 is 0. The molecule has 0 aliphatic heterocycles. The van der Waals surface area contributed by atoms with Crippen LogP contribution in [0.3, 0.4) is 0 Å². The van der Waals surface area contributed by atoms with Crippen molar-refractivity contribution in [1.29, 1.82) is 0 Å². The zero-order chi connectivity index (χ0) is 12.3. The number of nitrogens with zero attached hydrogens (tertiary/aromatic N) is 2. The highest BCUT2D eigenvalue weighted by molar-refractivity contribution is 5.32. The van der Waals surface area contributed by atoms with Gasteiger partial charge in [-0.3, -0.25) is 0 Å². The molecule has 0 amide bonds. The van der Waals surface area contributed by atoms with Crippen molar-refractivity contribution < 1.29 is 13.5 Å². The van der Waals surface area contributed by atoms with Crippen molar-refractivity contribution in [3.8, 4) is 5.75 Å². The molecule has 0 saturated carbocycles. The van der Waals surface area contributed by atoms with E-state index in [1.54, 1.807) is 6.07 Å². The van der Waals surface area contributed by atoms with Gasteiger partial charge in [0.1, 0.15) is 11.6 Å². The van der Waals surface area contributed by atoms with Crippen molar-refractivity contribution in [2.24, 2.45) is 0 Å². The van der Waals surface area contributed by atoms with Gasteiger partial charge in [0.05, 0.1) is 0 Å². The lowest BCUT2D eigenvalue weighted by Crippen LogP contribution is -1.97. The number of hydrogen-bond acceptors (Lipinski definition) is 4. The number of benzene rings is 1. The second kappa shape index (κ2) is 4.95. The predicted octanol–water partition coefficient (Wildman–Crippen LogP) is 2.66. The van der Waals surface area contributed by atoms with Gasteiger partial charge in [0.25, 0.3) is 5.89 Å². The Morgan fingerprint density at radius 3 is 2.76 bits per heavy atom. The molecule has 4 nitrogen and oxygen atoms in total. The molecule has 0 unspecified atom stereocenters. The topological polar surface area (TPSA) is 48.2 Å². The Kier molecular flexibility index (Phi) is 3.37. The maximum Gasteiger partial charge on any atom is 0.253 e. The third-order valence-corrected chi connectivity index (χ3v) is 2.31. The number of ether oxygens (including phenoxy) is 1. The Balaban J connectivity index is 2.04. The standard InChI is InChI=1S/C12H13FN2O2/c1-3-11-14-15-12(17-11)7-16-10-6-9(13)5-4-8(10)2/h4-6H,3,7H2,1-2H3. The molecule has 0 spiro atoms. The molecule has 0 atom stereocenters. The monoisotopic (exact) mass is 236 g/mol. The molecule has 17 heavy (non-hydrogen) atoms. The van der Waals surface area contributed by atoms with Crippen LogP contribution in [0.1, 0.15) is 24.3 Å². The van der Waals surface area contributed by atoms with Gasteiger partial charge in [0.2, 0.25) is 5.89 Å². The van der Waals surface area contributed by atoms with Crippen LogP contribution in [0.2, 0.25) is 0 Å². The van der Waals surface area contributed by atoms with E-state index in [0.717, 1.165) is 5.56 Å². The van der Waals surface area contributed by atoms with Gasteiger partial charge in [0.15, 0.2) is 6.61 Å². The summed E-state index contributed by atoms with van der Waals surface area (Å²) in [6.45, 7) is 3.92. The first kappa shape index (κ1) is 11.6. The zero-order valence-corrected chi connectivity index (χ0v) is 9.74. The lowest BCUT2D eigenvalue weighted by atomic mass is 10.2. The molecule has 0 aliphatic rings. The normalized spacial score (nSPS) is 10.5. The highest BCUT2D eigenvalue weighted by Gasteiger charge is 2.07. The van der Waals surface area contributed by atoms with Gasteiger partial charge < -0.3 is 9.15 Å². The van der Waals surface area contributed by atoms with Crippen LogP contribution in [0.5, 0.6) is 5.75 Å².